The Morgan fingerprint density at radius 2 is 1.68 bits per heavy atom. The van der Waals surface area contributed by atoms with Gasteiger partial charge in [-0.2, -0.15) is 0 Å². The number of rotatable bonds is 7. The van der Waals surface area contributed by atoms with Crippen molar-refractivity contribution in [2.45, 2.75) is 69.6 Å². The number of hydrogen-bond donors (Lipinski definition) is 2. The fourth-order valence-electron chi connectivity index (χ4n) is 6.48. The van der Waals surface area contributed by atoms with E-state index in [0.29, 0.717) is 23.9 Å². The lowest BCUT2D eigenvalue weighted by Gasteiger charge is -2.45. The number of hydrogen-bond acceptors (Lipinski definition) is 4. The minimum atomic E-state index is -0.0355. The minimum Gasteiger partial charge on any atom is -0.490 e. The van der Waals surface area contributed by atoms with Crippen molar-refractivity contribution < 1.29 is 14.3 Å². The van der Waals surface area contributed by atoms with Crippen LogP contribution in [0.4, 0.5) is 10.5 Å². The van der Waals surface area contributed by atoms with Gasteiger partial charge in [-0.3, -0.25) is 0 Å². The topological polar surface area (TPSA) is 62.8 Å². The lowest BCUT2D eigenvalue weighted by Crippen LogP contribution is -2.54. The highest BCUT2D eigenvalue weighted by molar-refractivity contribution is 6.30. The van der Waals surface area contributed by atoms with Crippen LogP contribution in [0.15, 0.2) is 48.5 Å². The number of halogens is 1. The van der Waals surface area contributed by atoms with E-state index in [-0.39, 0.29) is 12.1 Å². The Balaban J connectivity index is 1.07. The summed E-state index contributed by atoms with van der Waals surface area (Å²) in [5.41, 5.74) is 2.10. The van der Waals surface area contributed by atoms with E-state index in [2.05, 4.69) is 29.7 Å². The van der Waals surface area contributed by atoms with Gasteiger partial charge in [0.2, 0.25) is 0 Å². The number of carbonyl (C=O) groups excluding carboxylic acids is 1. The zero-order valence-corrected chi connectivity index (χ0v) is 22.8. The molecule has 2 aromatic carbocycles. The fraction of sp³-hybridized carbons (Fsp3) is 0.567. The van der Waals surface area contributed by atoms with Gasteiger partial charge in [-0.15, -0.1) is 0 Å². The van der Waals surface area contributed by atoms with Gasteiger partial charge in [-0.1, -0.05) is 30.7 Å². The molecule has 2 aromatic rings. The lowest BCUT2D eigenvalue weighted by atomic mass is 9.74. The molecule has 2 N–H and O–H groups in total. The van der Waals surface area contributed by atoms with Crippen LogP contribution in [-0.2, 0) is 4.74 Å². The molecule has 5 rings (SSSR count). The zero-order valence-electron chi connectivity index (χ0n) is 22.0. The number of methoxy groups -OCH3 is 1. The summed E-state index contributed by atoms with van der Waals surface area (Å²) in [6.45, 7) is 4.66. The first-order chi connectivity index (χ1) is 18.0. The van der Waals surface area contributed by atoms with Gasteiger partial charge in [-0.25, -0.2) is 4.79 Å². The highest BCUT2D eigenvalue weighted by Gasteiger charge is 2.38. The molecule has 2 amide bonds. The third kappa shape index (κ3) is 6.78. The molecule has 3 saturated heterocycles. The molecular formula is C30H40ClN3O3. The largest absolute Gasteiger partial charge is 0.490 e. The number of likely N-dealkylation sites (tertiary alicyclic amines) is 1. The summed E-state index contributed by atoms with van der Waals surface area (Å²) in [5, 5.41) is 7.61. The van der Waals surface area contributed by atoms with E-state index >= 15 is 0 Å². The van der Waals surface area contributed by atoms with Crippen molar-refractivity contribution in [3.63, 3.8) is 0 Å². The molecule has 0 spiro atoms. The summed E-state index contributed by atoms with van der Waals surface area (Å²) < 4.78 is 11.8. The van der Waals surface area contributed by atoms with E-state index in [1.807, 2.05) is 41.3 Å². The van der Waals surface area contributed by atoms with Crippen molar-refractivity contribution in [1.29, 1.82) is 0 Å². The monoisotopic (exact) mass is 525 g/mol. The normalized spacial score (nSPS) is 26.9. The van der Waals surface area contributed by atoms with Crippen molar-refractivity contribution in [1.82, 2.24) is 10.2 Å². The standard InChI is InChI=1S/C30H40ClN3O3/c1-20(19-36-2)23-15-26-17-29(18-27(16-23)32-26)37-28-9-7-25(8-10-28)33-30(35)34-13-11-22(12-14-34)21-3-5-24(31)6-4-21/h3-10,20,22-23,26-27,29,32H,11-19H2,1-2H3,(H,33,35)/t20?,23?,26-,27+,29+. The summed E-state index contributed by atoms with van der Waals surface area (Å²) in [5.74, 6) is 2.68. The average Bonchev–Trinajstić information content (AvgIpc) is 2.90. The van der Waals surface area contributed by atoms with Crippen LogP contribution in [0.5, 0.6) is 5.75 Å². The van der Waals surface area contributed by atoms with E-state index < -0.39 is 0 Å². The second-order valence-corrected chi connectivity index (χ2v) is 11.6. The van der Waals surface area contributed by atoms with Crippen LogP contribution in [0.3, 0.4) is 0 Å². The summed E-state index contributed by atoms with van der Waals surface area (Å²) in [7, 11) is 1.80. The molecule has 7 heteroatoms. The Morgan fingerprint density at radius 3 is 2.30 bits per heavy atom. The van der Waals surface area contributed by atoms with Gasteiger partial charge in [0.1, 0.15) is 11.9 Å². The molecule has 0 saturated carbocycles. The maximum atomic E-state index is 12.8. The first-order valence-electron chi connectivity index (χ1n) is 13.8. The predicted octanol–water partition coefficient (Wildman–Crippen LogP) is 6.31. The molecule has 5 atom stereocenters. The Bertz CT molecular complexity index is 1010. The summed E-state index contributed by atoms with van der Waals surface area (Å²) in [6.07, 6.45) is 6.63. The molecule has 2 unspecified atom stereocenters. The quantitative estimate of drug-likeness (QED) is 0.444. The van der Waals surface area contributed by atoms with Crippen molar-refractivity contribution in [2.24, 2.45) is 11.8 Å². The van der Waals surface area contributed by atoms with Crippen LogP contribution in [0.1, 0.15) is 56.9 Å². The highest BCUT2D eigenvalue weighted by Crippen LogP contribution is 2.36. The van der Waals surface area contributed by atoms with Gasteiger partial charge in [-0.05, 0) is 98.2 Å². The number of carbonyl (C=O) groups is 1. The van der Waals surface area contributed by atoms with E-state index in [1.165, 1.54) is 18.4 Å². The second-order valence-electron chi connectivity index (χ2n) is 11.2. The van der Waals surface area contributed by atoms with Crippen LogP contribution >= 0.6 is 11.6 Å². The van der Waals surface area contributed by atoms with E-state index in [0.717, 1.165) is 67.8 Å². The van der Waals surface area contributed by atoms with Gasteiger partial charge in [0, 0.05) is 49.6 Å². The number of anilines is 1. The average molecular weight is 526 g/mol. The molecule has 3 fully saturated rings. The number of nitrogens with one attached hydrogen (secondary N) is 2. The molecular weight excluding hydrogens is 486 g/mol. The number of fused-ring (bicyclic) bond motifs is 2. The van der Waals surface area contributed by atoms with Crippen LogP contribution in [0.2, 0.25) is 5.02 Å². The molecule has 3 aliphatic heterocycles. The second kappa shape index (κ2) is 12.1. The van der Waals surface area contributed by atoms with Crippen LogP contribution in [0.25, 0.3) is 0 Å². The van der Waals surface area contributed by atoms with E-state index in [1.54, 1.807) is 7.11 Å². The molecule has 0 radical (unpaired) electrons. The third-order valence-electron chi connectivity index (χ3n) is 8.51. The molecule has 3 aliphatic rings. The molecule has 3 heterocycles. The SMILES string of the molecule is COCC(C)C1C[C@@H]2C[C@H](Oc3ccc(NC(=O)N4CCC(c5ccc(Cl)cc5)CC4)cc3)C[C@H](C1)N2. The maximum Gasteiger partial charge on any atom is 0.321 e. The Kier molecular flexibility index (Phi) is 8.58. The first kappa shape index (κ1) is 26.3. The summed E-state index contributed by atoms with van der Waals surface area (Å²) >= 11 is 6.02. The number of piperidine rings is 3. The van der Waals surface area contributed by atoms with E-state index in [4.69, 9.17) is 21.1 Å². The maximum absolute atomic E-state index is 12.8. The van der Waals surface area contributed by atoms with E-state index in [9.17, 15) is 4.79 Å². The number of amides is 2. The molecule has 2 bridgehead atoms. The Hall–Kier alpha value is -2.28. The highest BCUT2D eigenvalue weighted by atomic mass is 35.5. The van der Waals surface area contributed by atoms with Crippen molar-refractivity contribution in [2.75, 3.05) is 32.1 Å². The lowest BCUT2D eigenvalue weighted by molar-refractivity contribution is 0.0440. The fourth-order valence-corrected chi connectivity index (χ4v) is 6.60. The van der Waals surface area contributed by atoms with Crippen molar-refractivity contribution >= 4 is 23.3 Å². The number of nitrogens with zero attached hydrogens (tertiary/aromatic N) is 1. The Morgan fingerprint density at radius 1 is 1.03 bits per heavy atom. The van der Waals surface area contributed by atoms with Crippen LogP contribution in [0, 0.1) is 11.8 Å². The van der Waals surface area contributed by atoms with Gasteiger partial charge >= 0.3 is 6.03 Å². The molecule has 6 nitrogen and oxygen atoms in total. The number of ether oxygens (including phenoxy) is 2. The minimum absolute atomic E-state index is 0.0355. The van der Waals surface area contributed by atoms with Gasteiger partial charge in [0.25, 0.3) is 0 Å². The number of benzene rings is 2. The Labute approximate surface area is 226 Å². The first-order valence-corrected chi connectivity index (χ1v) is 14.2. The smallest absolute Gasteiger partial charge is 0.321 e. The molecule has 0 aliphatic carbocycles. The molecule has 0 aromatic heterocycles. The van der Waals surface area contributed by atoms with Crippen LogP contribution in [-0.4, -0.2) is 55.9 Å². The molecule has 37 heavy (non-hydrogen) atoms. The summed E-state index contributed by atoms with van der Waals surface area (Å²) in [6, 6.07) is 16.9. The van der Waals surface area contributed by atoms with Crippen molar-refractivity contribution in [3.8, 4) is 5.75 Å². The summed E-state index contributed by atoms with van der Waals surface area (Å²) in [4.78, 5) is 14.7. The van der Waals surface area contributed by atoms with Gasteiger partial charge < -0.3 is 25.0 Å². The van der Waals surface area contributed by atoms with Gasteiger partial charge in [0.05, 0.1) is 0 Å². The number of urea groups is 1. The molecule has 200 valence electrons. The zero-order chi connectivity index (χ0) is 25.8. The predicted molar refractivity (Wildman–Crippen MR) is 149 cm³/mol. The van der Waals surface area contributed by atoms with Crippen molar-refractivity contribution in [3.05, 3.63) is 59.1 Å². The van der Waals surface area contributed by atoms with Crippen LogP contribution < -0.4 is 15.4 Å². The third-order valence-corrected chi connectivity index (χ3v) is 8.76. The van der Waals surface area contributed by atoms with Gasteiger partial charge in [0.15, 0.2) is 0 Å².